The molecular formula is C15H12BrNO4. The first-order valence-corrected chi connectivity index (χ1v) is 6.99. The molecule has 2 aromatic carbocycles. The molecule has 0 aliphatic heterocycles. The number of halogens is 1. The highest BCUT2D eigenvalue weighted by Crippen LogP contribution is 2.30. The second kappa shape index (κ2) is 6.49. The Hall–Kier alpha value is -2.21. The Morgan fingerprint density at radius 1 is 1.19 bits per heavy atom. The Balaban J connectivity index is 2.22. The predicted octanol–water partition coefficient (Wildman–Crippen LogP) is 4.28. The van der Waals surface area contributed by atoms with E-state index in [4.69, 9.17) is 4.74 Å². The summed E-state index contributed by atoms with van der Waals surface area (Å²) >= 11 is 3.09. The van der Waals surface area contributed by atoms with Crippen molar-refractivity contribution in [2.45, 2.75) is 13.0 Å². The Morgan fingerprint density at radius 2 is 1.86 bits per heavy atom. The van der Waals surface area contributed by atoms with E-state index in [0.717, 1.165) is 5.56 Å². The lowest BCUT2D eigenvalue weighted by Crippen LogP contribution is -2.10. The molecule has 1 atom stereocenters. The average Bonchev–Trinajstić information content (AvgIpc) is 2.47. The first kappa shape index (κ1) is 15.2. The van der Waals surface area contributed by atoms with Gasteiger partial charge in [-0.2, -0.15) is 0 Å². The van der Waals surface area contributed by atoms with Crippen LogP contribution in [0.4, 0.5) is 5.69 Å². The van der Waals surface area contributed by atoms with Gasteiger partial charge in [-0.25, -0.2) is 4.79 Å². The number of benzene rings is 2. The molecular weight excluding hydrogens is 338 g/mol. The first-order valence-electron chi connectivity index (χ1n) is 6.19. The van der Waals surface area contributed by atoms with Crippen LogP contribution in [0.25, 0.3) is 0 Å². The molecule has 0 bridgehead atoms. The second-order valence-corrected chi connectivity index (χ2v) is 5.15. The maximum atomic E-state index is 12.1. The van der Waals surface area contributed by atoms with Gasteiger partial charge in [-0.1, -0.05) is 36.4 Å². The van der Waals surface area contributed by atoms with Crippen LogP contribution in [-0.4, -0.2) is 10.9 Å². The molecule has 1 unspecified atom stereocenters. The van der Waals surface area contributed by atoms with Crippen LogP contribution in [0.1, 0.15) is 28.9 Å². The van der Waals surface area contributed by atoms with E-state index in [9.17, 15) is 14.9 Å². The van der Waals surface area contributed by atoms with Gasteiger partial charge in [0.1, 0.15) is 10.6 Å². The van der Waals surface area contributed by atoms with Gasteiger partial charge in [0.15, 0.2) is 0 Å². The Morgan fingerprint density at radius 3 is 2.48 bits per heavy atom. The monoisotopic (exact) mass is 349 g/mol. The average molecular weight is 350 g/mol. The minimum atomic E-state index is -0.609. The van der Waals surface area contributed by atoms with Crippen LogP contribution < -0.4 is 0 Å². The summed E-state index contributed by atoms with van der Waals surface area (Å²) in [5.41, 5.74) is 0.816. The largest absolute Gasteiger partial charge is 0.454 e. The summed E-state index contributed by atoms with van der Waals surface area (Å²) in [6.07, 6.45) is -0.440. The number of esters is 1. The standard InChI is InChI=1S/C15H12BrNO4/c1-10(11-6-3-2-4-7-11)21-15(18)12-8-5-9-13(14(12)16)17(19)20/h2-10H,1H3. The SMILES string of the molecule is CC(OC(=O)c1cccc([N+](=O)[O-])c1Br)c1ccccc1. The molecule has 0 aromatic heterocycles. The lowest BCUT2D eigenvalue weighted by molar-refractivity contribution is -0.385. The number of hydrogen-bond donors (Lipinski definition) is 0. The fourth-order valence-electron chi connectivity index (χ4n) is 1.83. The molecule has 108 valence electrons. The summed E-state index contributed by atoms with van der Waals surface area (Å²) in [7, 11) is 0. The summed E-state index contributed by atoms with van der Waals surface area (Å²) in [5, 5.41) is 10.9. The van der Waals surface area contributed by atoms with Crippen molar-refractivity contribution in [1.82, 2.24) is 0 Å². The summed E-state index contributed by atoms with van der Waals surface area (Å²) in [6, 6.07) is 13.5. The number of carbonyl (C=O) groups is 1. The number of nitro groups is 1. The molecule has 0 spiro atoms. The third-order valence-corrected chi connectivity index (χ3v) is 3.78. The highest BCUT2D eigenvalue weighted by molar-refractivity contribution is 9.10. The summed E-state index contributed by atoms with van der Waals surface area (Å²) in [6.45, 7) is 1.75. The van der Waals surface area contributed by atoms with E-state index in [1.54, 1.807) is 6.92 Å². The zero-order valence-corrected chi connectivity index (χ0v) is 12.7. The van der Waals surface area contributed by atoms with Gasteiger partial charge in [0.25, 0.3) is 5.69 Å². The normalized spacial score (nSPS) is 11.7. The van der Waals surface area contributed by atoms with E-state index in [-0.39, 0.29) is 15.7 Å². The number of nitrogens with zero attached hydrogens (tertiary/aromatic N) is 1. The number of rotatable bonds is 4. The third kappa shape index (κ3) is 3.46. The smallest absolute Gasteiger partial charge is 0.340 e. The van der Waals surface area contributed by atoms with Crippen LogP contribution in [0.15, 0.2) is 53.0 Å². The topological polar surface area (TPSA) is 69.4 Å². The Kier molecular flexibility index (Phi) is 4.70. The first-order chi connectivity index (χ1) is 10.0. The molecule has 0 aliphatic carbocycles. The zero-order chi connectivity index (χ0) is 15.4. The van der Waals surface area contributed by atoms with Gasteiger partial charge in [-0.15, -0.1) is 0 Å². The maximum absolute atomic E-state index is 12.1. The number of nitro benzene ring substituents is 1. The molecule has 0 N–H and O–H groups in total. The van der Waals surface area contributed by atoms with E-state index in [1.165, 1.54) is 18.2 Å². The molecule has 0 aliphatic rings. The molecule has 0 heterocycles. The lowest BCUT2D eigenvalue weighted by atomic mass is 10.1. The van der Waals surface area contributed by atoms with E-state index in [2.05, 4.69) is 15.9 Å². The van der Waals surface area contributed by atoms with E-state index < -0.39 is 17.0 Å². The third-order valence-electron chi connectivity index (χ3n) is 2.95. The van der Waals surface area contributed by atoms with Crippen LogP contribution in [0.2, 0.25) is 0 Å². The van der Waals surface area contributed by atoms with Gasteiger partial charge in [-0.3, -0.25) is 10.1 Å². The zero-order valence-electron chi connectivity index (χ0n) is 11.2. The van der Waals surface area contributed by atoms with Crippen LogP contribution in [0, 0.1) is 10.1 Å². The van der Waals surface area contributed by atoms with Crippen molar-refractivity contribution in [3.63, 3.8) is 0 Å². The Labute approximate surface area is 129 Å². The minimum absolute atomic E-state index is 0.125. The quantitative estimate of drug-likeness (QED) is 0.469. The summed E-state index contributed by atoms with van der Waals surface area (Å²) in [5.74, 6) is -0.609. The van der Waals surface area contributed by atoms with Gasteiger partial charge >= 0.3 is 5.97 Å². The van der Waals surface area contributed by atoms with Gasteiger partial charge in [0, 0.05) is 6.07 Å². The van der Waals surface area contributed by atoms with Crippen LogP contribution >= 0.6 is 15.9 Å². The molecule has 0 amide bonds. The van der Waals surface area contributed by atoms with Gasteiger partial charge < -0.3 is 4.74 Å². The van der Waals surface area contributed by atoms with Gasteiger partial charge in [-0.05, 0) is 34.5 Å². The van der Waals surface area contributed by atoms with Crippen molar-refractivity contribution in [2.24, 2.45) is 0 Å². The fourth-order valence-corrected chi connectivity index (χ4v) is 2.41. The minimum Gasteiger partial charge on any atom is -0.454 e. The van der Waals surface area contributed by atoms with Crippen LogP contribution in [0.3, 0.4) is 0 Å². The molecule has 0 saturated carbocycles. The predicted molar refractivity (Wildman–Crippen MR) is 81.1 cm³/mol. The lowest BCUT2D eigenvalue weighted by Gasteiger charge is -2.14. The molecule has 0 fully saturated rings. The van der Waals surface area contributed by atoms with Crippen LogP contribution in [0.5, 0.6) is 0 Å². The summed E-state index contributed by atoms with van der Waals surface area (Å²) < 4.78 is 5.47. The molecule has 0 saturated heterocycles. The highest BCUT2D eigenvalue weighted by Gasteiger charge is 2.22. The highest BCUT2D eigenvalue weighted by atomic mass is 79.9. The number of hydrogen-bond acceptors (Lipinski definition) is 4. The second-order valence-electron chi connectivity index (χ2n) is 4.35. The molecule has 21 heavy (non-hydrogen) atoms. The van der Waals surface area contributed by atoms with Crippen molar-refractivity contribution >= 4 is 27.6 Å². The molecule has 6 heteroatoms. The van der Waals surface area contributed by atoms with Gasteiger partial charge in [0.2, 0.25) is 0 Å². The number of ether oxygens (including phenoxy) is 1. The molecule has 2 rings (SSSR count). The van der Waals surface area contributed by atoms with Crippen molar-refractivity contribution in [1.29, 1.82) is 0 Å². The summed E-state index contributed by atoms with van der Waals surface area (Å²) in [4.78, 5) is 22.5. The van der Waals surface area contributed by atoms with Crippen molar-refractivity contribution in [3.05, 3.63) is 74.2 Å². The molecule has 2 aromatic rings. The van der Waals surface area contributed by atoms with Crippen LogP contribution in [-0.2, 0) is 4.74 Å². The van der Waals surface area contributed by atoms with Gasteiger partial charge in [0.05, 0.1) is 10.5 Å². The van der Waals surface area contributed by atoms with Crippen molar-refractivity contribution in [3.8, 4) is 0 Å². The van der Waals surface area contributed by atoms with E-state index >= 15 is 0 Å². The number of carbonyl (C=O) groups excluding carboxylic acids is 1. The fraction of sp³-hybridized carbons (Fsp3) is 0.133. The molecule has 5 nitrogen and oxygen atoms in total. The van der Waals surface area contributed by atoms with E-state index in [1.807, 2.05) is 30.3 Å². The van der Waals surface area contributed by atoms with Crippen molar-refractivity contribution in [2.75, 3.05) is 0 Å². The maximum Gasteiger partial charge on any atom is 0.340 e. The molecule has 0 radical (unpaired) electrons. The Bertz CT molecular complexity index is 673. The van der Waals surface area contributed by atoms with Crippen molar-refractivity contribution < 1.29 is 14.5 Å². The van der Waals surface area contributed by atoms with E-state index in [0.29, 0.717) is 0 Å².